The molecule has 1 aromatic rings. The van der Waals surface area contributed by atoms with E-state index in [1.807, 2.05) is 0 Å². The monoisotopic (exact) mass is 290 g/mol. The molecule has 21 heavy (non-hydrogen) atoms. The Morgan fingerprint density at radius 1 is 1.33 bits per heavy atom. The largest absolute Gasteiger partial charge is 0.494 e. The molecule has 1 atom stereocenters. The summed E-state index contributed by atoms with van der Waals surface area (Å²) in [6, 6.07) is 7.17. The molecule has 1 aliphatic carbocycles. The highest BCUT2D eigenvalue weighted by molar-refractivity contribution is 5.39. The number of rotatable bonds is 8. The van der Waals surface area contributed by atoms with Crippen LogP contribution in [0.4, 0.5) is 0 Å². The Morgan fingerprint density at radius 3 is 2.95 bits per heavy atom. The molecule has 1 aliphatic rings. The molecule has 0 spiro atoms. The third-order valence-electron chi connectivity index (χ3n) is 4.09. The zero-order valence-electron chi connectivity index (χ0n) is 13.8. The Balaban J connectivity index is 1.95. The number of hydrogen-bond donors (Lipinski definition) is 1. The summed E-state index contributed by atoms with van der Waals surface area (Å²) in [5, 5.41) is 3.67. The summed E-state index contributed by atoms with van der Waals surface area (Å²) in [5.74, 6) is 1.03. The van der Waals surface area contributed by atoms with Gasteiger partial charge in [0.1, 0.15) is 5.75 Å². The summed E-state index contributed by atoms with van der Waals surface area (Å²) >= 11 is 0. The minimum absolute atomic E-state index is 0.513. The number of fused-ring (bicyclic) bond motifs is 1. The average molecular weight is 290 g/mol. The first-order valence-electron chi connectivity index (χ1n) is 8.34. The minimum atomic E-state index is 0.513. The van der Waals surface area contributed by atoms with Crippen molar-refractivity contribution in [1.29, 1.82) is 0 Å². The molecule has 3 heteroatoms. The zero-order valence-corrected chi connectivity index (χ0v) is 13.8. The molecule has 1 N–H and O–H groups in total. The van der Waals surface area contributed by atoms with Gasteiger partial charge in [-0.3, -0.25) is 0 Å². The normalized spacial score (nSPS) is 17.8. The average Bonchev–Trinajstić information content (AvgIpc) is 2.49. The standard InChI is InChI=1S/C18H30N2O/c1-4-11-19-18-8-5-7-15-9-10-16(14-17(15)18)21-13-6-12-20(2)3/h9-10,14,18-19H,4-8,11-13H2,1-3H3. The van der Waals surface area contributed by atoms with Crippen molar-refractivity contribution in [2.24, 2.45) is 0 Å². The summed E-state index contributed by atoms with van der Waals surface area (Å²) in [5.41, 5.74) is 2.95. The quantitative estimate of drug-likeness (QED) is 0.743. The van der Waals surface area contributed by atoms with Gasteiger partial charge in [0, 0.05) is 12.6 Å². The lowest BCUT2D eigenvalue weighted by atomic mass is 9.87. The number of hydrogen-bond acceptors (Lipinski definition) is 3. The molecule has 0 aliphatic heterocycles. The number of ether oxygens (including phenoxy) is 1. The molecular weight excluding hydrogens is 260 g/mol. The van der Waals surface area contributed by atoms with Crippen LogP contribution < -0.4 is 10.1 Å². The summed E-state index contributed by atoms with van der Waals surface area (Å²) in [7, 11) is 4.20. The summed E-state index contributed by atoms with van der Waals surface area (Å²) < 4.78 is 5.92. The van der Waals surface area contributed by atoms with Gasteiger partial charge in [0.25, 0.3) is 0 Å². The topological polar surface area (TPSA) is 24.5 Å². The maximum Gasteiger partial charge on any atom is 0.119 e. The van der Waals surface area contributed by atoms with Gasteiger partial charge in [-0.1, -0.05) is 13.0 Å². The van der Waals surface area contributed by atoms with Crippen LogP contribution in [0.3, 0.4) is 0 Å². The second-order valence-electron chi connectivity index (χ2n) is 6.26. The Labute approximate surface area is 129 Å². The van der Waals surface area contributed by atoms with Gasteiger partial charge in [-0.15, -0.1) is 0 Å². The van der Waals surface area contributed by atoms with E-state index in [0.29, 0.717) is 6.04 Å². The third-order valence-corrected chi connectivity index (χ3v) is 4.09. The highest BCUT2D eigenvalue weighted by atomic mass is 16.5. The van der Waals surface area contributed by atoms with Gasteiger partial charge in [-0.25, -0.2) is 0 Å². The molecule has 3 nitrogen and oxygen atoms in total. The van der Waals surface area contributed by atoms with Crippen LogP contribution in [0.1, 0.15) is 49.8 Å². The van der Waals surface area contributed by atoms with Crippen LogP contribution in [0.15, 0.2) is 18.2 Å². The third kappa shape index (κ3) is 5.01. The lowest BCUT2D eigenvalue weighted by molar-refractivity contribution is 0.281. The lowest BCUT2D eigenvalue weighted by Gasteiger charge is -2.27. The van der Waals surface area contributed by atoms with Gasteiger partial charge in [0.05, 0.1) is 6.61 Å². The first kappa shape index (κ1) is 16.3. The molecule has 0 fully saturated rings. The van der Waals surface area contributed by atoms with Gasteiger partial charge in [0.15, 0.2) is 0 Å². The highest BCUT2D eigenvalue weighted by Gasteiger charge is 2.20. The van der Waals surface area contributed by atoms with E-state index in [2.05, 4.69) is 49.4 Å². The van der Waals surface area contributed by atoms with Crippen molar-refractivity contribution in [3.8, 4) is 5.75 Å². The summed E-state index contributed by atoms with van der Waals surface area (Å²) in [6.45, 7) is 5.19. The predicted molar refractivity (Wildman–Crippen MR) is 89.1 cm³/mol. The molecule has 2 rings (SSSR count). The molecule has 118 valence electrons. The number of aryl methyl sites for hydroxylation is 1. The van der Waals surface area contributed by atoms with E-state index in [9.17, 15) is 0 Å². The smallest absolute Gasteiger partial charge is 0.119 e. The van der Waals surface area contributed by atoms with Gasteiger partial charge < -0.3 is 15.0 Å². The molecule has 0 aromatic heterocycles. The van der Waals surface area contributed by atoms with Gasteiger partial charge >= 0.3 is 0 Å². The van der Waals surface area contributed by atoms with Crippen LogP contribution >= 0.6 is 0 Å². The number of nitrogens with zero attached hydrogens (tertiary/aromatic N) is 1. The minimum Gasteiger partial charge on any atom is -0.494 e. The maximum absolute atomic E-state index is 5.92. The van der Waals surface area contributed by atoms with Crippen molar-refractivity contribution in [2.45, 2.75) is 45.1 Å². The fraction of sp³-hybridized carbons (Fsp3) is 0.667. The van der Waals surface area contributed by atoms with Crippen LogP contribution in [0, 0.1) is 0 Å². The lowest BCUT2D eigenvalue weighted by Crippen LogP contribution is -2.25. The molecule has 1 unspecified atom stereocenters. The Morgan fingerprint density at radius 2 is 2.19 bits per heavy atom. The molecule has 0 saturated carbocycles. The molecule has 0 radical (unpaired) electrons. The van der Waals surface area contributed by atoms with Gasteiger partial charge in [-0.05, 0) is 76.0 Å². The summed E-state index contributed by atoms with van der Waals surface area (Å²) in [6.07, 6.45) is 6.00. The van der Waals surface area contributed by atoms with Crippen molar-refractivity contribution in [2.75, 3.05) is 33.8 Å². The van der Waals surface area contributed by atoms with Crippen LogP contribution in [0.25, 0.3) is 0 Å². The van der Waals surface area contributed by atoms with E-state index in [4.69, 9.17) is 4.74 Å². The van der Waals surface area contributed by atoms with Gasteiger partial charge in [0.2, 0.25) is 0 Å². The SMILES string of the molecule is CCCNC1CCCc2ccc(OCCCN(C)C)cc21. The number of benzene rings is 1. The van der Waals surface area contributed by atoms with Crippen molar-refractivity contribution in [1.82, 2.24) is 10.2 Å². The van der Waals surface area contributed by atoms with E-state index in [1.165, 1.54) is 36.8 Å². The molecular formula is C18H30N2O. The second-order valence-corrected chi connectivity index (χ2v) is 6.26. The van der Waals surface area contributed by atoms with Crippen LogP contribution in [-0.4, -0.2) is 38.7 Å². The van der Waals surface area contributed by atoms with Crippen molar-refractivity contribution in [3.05, 3.63) is 29.3 Å². The van der Waals surface area contributed by atoms with E-state index >= 15 is 0 Å². The van der Waals surface area contributed by atoms with E-state index in [1.54, 1.807) is 0 Å². The second kappa shape index (κ2) is 8.40. The van der Waals surface area contributed by atoms with Crippen molar-refractivity contribution < 1.29 is 4.74 Å². The van der Waals surface area contributed by atoms with Crippen LogP contribution in [0.2, 0.25) is 0 Å². The van der Waals surface area contributed by atoms with Crippen LogP contribution in [0.5, 0.6) is 5.75 Å². The number of nitrogens with one attached hydrogen (secondary N) is 1. The van der Waals surface area contributed by atoms with Gasteiger partial charge in [-0.2, -0.15) is 0 Å². The Bertz CT molecular complexity index is 431. The fourth-order valence-corrected chi connectivity index (χ4v) is 2.97. The molecule has 0 saturated heterocycles. The molecule has 0 heterocycles. The maximum atomic E-state index is 5.92. The summed E-state index contributed by atoms with van der Waals surface area (Å²) in [4.78, 5) is 2.20. The highest BCUT2D eigenvalue weighted by Crippen LogP contribution is 2.32. The van der Waals surface area contributed by atoms with Crippen molar-refractivity contribution in [3.63, 3.8) is 0 Å². The first-order chi connectivity index (χ1) is 10.2. The first-order valence-corrected chi connectivity index (χ1v) is 8.34. The van der Waals surface area contributed by atoms with Crippen molar-refractivity contribution >= 4 is 0 Å². The molecule has 1 aromatic carbocycles. The molecule has 0 amide bonds. The Kier molecular flexibility index (Phi) is 6.52. The zero-order chi connectivity index (χ0) is 15.1. The fourth-order valence-electron chi connectivity index (χ4n) is 2.97. The molecule has 0 bridgehead atoms. The predicted octanol–water partition coefficient (Wildman–Crippen LogP) is 3.39. The van der Waals surface area contributed by atoms with E-state index < -0.39 is 0 Å². The van der Waals surface area contributed by atoms with E-state index in [0.717, 1.165) is 31.9 Å². The Hall–Kier alpha value is -1.06. The van der Waals surface area contributed by atoms with E-state index in [-0.39, 0.29) is 0 Å². The van der Waals surface area contributed by atoms with Crippen LogP contribution in [-0.2, 0) is 6.42 Å².